The van der Waals surface area contributed by atoms with Gasteiger partial charge in [-0.2, -0.15) is 0 Å². The Kier molecular flexibility index (Phi) is 13.1. The van der Waals surface area contributed by atoms with Crippen molar-refractivity contribution in [3.8, 4) is 72.7 Å². The number of para-hydroxylation sites is 5. The van der Waals surface area contributed by atoms with Gasteiger partial charge in [0.05, 0.1) is 53.9 Å². The van der Waals surface area contributed by atoms with Crippen molar-refractivity contribution in [2.45, 2.75) is 12.8 Å². The van der Waals surface area contributed by atoms with E-state index in [0.717, 1.165) is 102 Å². The maximum atomic E-state index is 7.23. The van der Waals surface area contributed by atoms with Gasteiger partial charge in [0, 0.05) is 103 Å². The van der Waals surface area contributed by atoms with E-state index in [1.54, 1.807) is 0 Å². The molecule has 1 aliphatic rings. The molecule has 0 aliphatic heterocycles. The Morgan fingerprint density at radius 3 is 1.45 bits per heavy atom. The number of benzene rings is 16. The maximum absolute atomic E-state index is 7.23. The second-order valence-corrected chi connectivity index (χ2v) is 31.4. The van der Waals surface area contributed by atoms with E-state index in [-0.39, 0.29) is 0 Å². The van der Waals surface area contributed by atoms with E-state index < -0.39 is 0 Å². The fourth-order valence-electron chi connectivity index (χ4n) is 18.2. The first-order chi connectivity index (χ1) is 54.0. The third-order valence-corrected chi connectivity index (χ3v) is 25.7. The van der Waals surface area contributed by atoms with Crippen LogP contribution in [0.4, 0.5) is 0 Å². The number of hydrogen-bond acceptors (Lipinski definition) is 4. The lowest BCUT2D eigenvalue weighted by Crippen LogP contribution is -1.97. The standard InChI is InChI=1S/C102H61N3O2S2/c1-3-19-60(20-4-1)70-58-86-84-54-66(64-38-44-91-80(51-64)73-26-8-13-32-88(73)104(91)93-34-18-30-77-76-29-11-16-36-98(76)108-101(77)93)42-48-99(84)109-102(86)94(59-70)105-89-33-14-9-27-74(89)81-52-67(39-45-92(81)105)69-56-78(68-41-47-96-82(55-68)75-28-10-15-35-95(75)106-96)100-85(57-69)83-53-65(40-46-97(83)107-100)62-22-17-21-61(49-62)63-37-43-90-79(50-63)72-25-7-12-31-87(72)103(90)71-23-5-2-6-24-71/h1-39,41-45,47-59H,40,46H2. The summed E-state index contributed by atoms with van der Waals surface area (Å²) < 4.78 is 26.2. The van der Waals surface area contributed by atoms with E-state index in [9.17, 15) is 0 Å². The van der Waals surface area contributed by atoms with Crippen LogP contribution in [0.25, 0.3) is 223 Å². The number of aromatic nitrogens is 3. The lowest BCUT2D eigenvalue weighted by molar-refractivity contribution is 0.548. The lowest BCUT2D eigenvalue weighted by atomic mass is 9.88. The molecule has 0 N–H and O–H groups in total. The first-order valence-electron chi connectivity index (χ1n) is 37.5. The minimum atomic E-state index is 0.784. The molecule has 23 aromatic rings. The van der Waals surface area contributed by atoms with Gasteiger partial charge in [0.2, 0.25) is 0 Å². The van der Waals surface area contributed by atoms with Gasteiger partial charge in [-0.15, -0.1) is 22.7 Å². The molecule has 7 heterocycles. The quantitative estimate of drug-likeness (QED) is 0.145. The minimum Gasteiger partial charge on any atom is -0.460 e. The fourth-order valence-corrected chi connectivity index (χ4v) is 20.6. The van der Waals surface area contributed by atoms with Crippen LogP contribution in [0.3, 0.4) is 0 Å². The molecule has 0 saturated carbocycles. The zero-order valence-corrected chi connectivity index (χ0v) is 60.4. The van der Waals surface area contributed by atoms with Crippen molar-refractivity contribution < 1.29 is 8.83 Å². The summed E-state index contributed by atoms with van der Waals surface area (Å²) in [5.41, 5.74) is 28.5. The van der Waals surface area contributed by atoms with Gasteiger partial charge in [-0.3, -0.25) is 0 Å². The van der Waals surface area contributed by atoms with Crippen LogP contribution >= 0.6 is 22.7 Å². The first-order valence-corrected chi connectivity index (χ1v) is 39.1. The van der Waals surface area contributed by atoms with E-state index in [0.29, 0.717) is 0 Å². The number of rotatable bonds is 9. The Bertz CT molecular complexity index is 7860. The van der Waals surface area contributed by atoms with Gasteiger partial charge < -0.3 is 22.5 Å². The van der Waals surface area contributed by atoms with Gasteiger partial charge in [-0.1, -0.05) is 200 Å². The van der Waals surface area contributed by atoms with Crippen molar-refractivity contribution in [3.05, 3.63) is 357 Å². The van der Waals surface area contributed by atoms with Crippen LogP contribution in [-0.4, -0.2) is 13.7 Å². The summed E-state index contributed by atoms with van der Waals surface area (Å²) in [6.07, 6.45) is 4.06. The van der Waals surface area contributed by atoms with E-state index >= 15 is 0 Å². The number of thiophene rings is 2. The third kappa shape index (κ3) is 9.25. The van der Waals surface area contributed by atoms with Crippen LogP contribution in [0, 0.1) is 0 Å². The SMILES string of the molecule is C1=C(c2cccc(-c3ccc4c(c3)c3ccccc3n4-c3ccccc3)c2)CCc2oc3c(-c4ccc5oc6ccccc6c5c4)cc(-c4ccc5c(c4)c4ccccc4n5-c4cc(-c5ccccc5)cc5c4sc4ccc(-c6ccc7c(c6)c6ccccc6n7-c6cccc7c6sc6ccccc67)cc45)cc3c21. The highest BCUT2D eigenvalue weighted by atomic mass is 32.1. The van der Waals surface area contributed by atoms with Crippen molar-refractivity contribution in [1.29, 1.82) is 0 Å². The number of allylic oxidation sites excluding steroid dienone is 1. The molecule has 7 aromatic heterocycles. The fraction of sp³-hybridized carbons (Fsp3) is 0.0196. The number of fused-ring (bicyclic) bond motifs is 21. The highest BCUT2D eigenvalue weighted by Crippen LogP contribution is 2.50. The zero-order chi connectivity index (χ0) is 71.1. The lowest BCUT2D eigenvalue weighted by Gasteiger charge is -2.15. The summed E-state index contributed by atoms with van der Waals surface area (Å²) in [6, 6.07) is 126. The minimum absolute atomic E-state index is 0.784. The summed E-state index contributed by atoms with van der Waals surface area (Å²) in [5.74, 6) is 1.02. The summed E-state index contributed by atoms with van der Waals surface area (Å²) in [7, 11) is 0. The largest absolute Gasteiger partial charge is 0.460 e. The molecule has 0 spiro atoms. The Morgan fingerprint density at radius 2 is 0.725 bits per heavy atom. The summed E-state index contributed by atoms with van der Waals surface area (Å²) >= 11 is 3.77. The van der Waals surface area contributed by atoms with E-state index in [4.69, 9.17) is 8.83 Å². The molecule has 0 amide bonds. The molecule has 0 radical (unpaired) electrons. The molecule has 16 aromatic carbocycles. The molecule has 0 unspecified atom stereocenters. The van der Waals surface area contributed by atoms with Gasteiger partial charge in [0.15, 0.2) is 0 Å². The Labute approximate surface area is 633 Å². The predicted octanol–water partition coefficient (Wildman–Crippen LogP) is 29.2. The molecule has 109 heavy (non-hydrogen) atoms. The van der Waals surface area contributed by atoms with Gasteiger partial charge in [0.1, 0.15) is 22.5 Å². The predicted molar refractivity (Wildman–Crippen MR) is 462 cm³/mol. The molecular weight excluding hydrogens is 1360 g/mol. The average Bonchev–Trinajstić information content (AvgIpc) is 1.57. The van der Waals surface area contributed by atoms with Gasteiger partial charge in [0.25, 0.3) is 0 Å². The van der Waals surface area contributed by atoms with Gasteiger partial charge in [-0.25, -0.2) is 0 Å². The monoisotopic (exact) mass is 1420 g/mol. The second kappa shape index (κ2) is 23.5. The molecule has 7 heteroatoms. The van der Waals surface area contributed by atoms with Crippen LogP contribution in [0.5, 0.6) is 0 Å². The van der Waals surface area contributed by atoms with Crippen molar-refractivity contribution in [2.75, 3.05) is 0 Å². The average molecular weight is 1420 g/mol. The topological polar surface area (TPSA) is 41.1 Å². The molecule has 0 saturated heterocycles. The van der Waals surface area contributed by atoms with E-state index in [1.165, 1.54) is 145 Å². The van der Waals surface area contributed by atoms with Gasteiger partial charge in [-0.05, 0) is 213 Å². The zero-order valence-electron chi connectivity index (χ0n) is 58.8. The molecule has 0 fully saturated rings. The van der Waals surface area contributed by atoms with Crippen molar-refractivity contribution in [1.82, 2.24) is 13.7 Å². The van der Waals surface area contributed by atoms with Crippen LogP contribution in [-0.2, 0) is 6.42 Å². The van der Waals surface area contributed by atoms with Crippen LogP contribution in [0.2, 0.25) is 0 Å². The number of hydrogen-bond donors (Lipinski definition) is 0. The molecule has 5 nitrogen and oxygen atoms in total. The Morgan fingerprint density at radius 1 is 0.248 bits per heavy atom. The van der Waals surface area contributed by atoms with Crippen LogP contribution in [0.1, 0.15) is 23.3 Å². The molecule has 508 valence electrons. The number of aryl methyl sites for hydroxylation is 1. The van der Waals surface area contributed by atoms with Crippen molar-refractivity contribution in [2.24, 2.45) is 0 Å². The third-order valence-electron chi connectivity index (χ3n) is 23.3. The van der Waals surface area contributed by atoms with Gasteiger partial charge >= 0.3 is 0 Å². The summed E-state index contributed by atoms with van der Waals surface area (Å²) in [5, 5.41) is 15.8. The molecule has 1 aliphatic carbocycles. The Balaban J connectivity index is 0.648. The summed E-state index contributed by atoms with van der Waals surface area (Å²) in [4.78, 5) is 0. The second-order valence-electron chi connectivity index (χ2n) is 29.3. The Hall–Kier alpha value is -13.6. The van der Waals surface area contributed by atoms with Crippen LogP contribution in [0.15, 0.2) is 349 Å². The normalized spacial score (nSPS) is 12.8. The smallest absolute Gasteiger partial charge is 0.142 e. The maximum Gasteiger partial charge on any atom is 0.142 e. The number of furan rings is 2. The highest BCUT2D eigenvalue weighted by molar-refractivity contribution is 7.26. The molecule has 0 bridgehead atoms. The highest BCUT2D eigenvalue weighted by Gasteiger charge is 2.27. The molecule has 24 rings (SSSR count). The van der Waals surface area contributed by atoms with E-state index in [2.05, 4.69) is 353 Å². The number of nitrogens with zero attached hydrogens (tertiary/aromatic N) is 3. The van der Waals surface area contributed by atoms with Crippen molar-refractivity contribution >= 4 is 173 Å². The van der Waals surface area contributed by atoms with Crippen molar-refractivity contribution in [3.63, 3.8) is 0 Å². The van der Waals surface area contributed by atoms with E-state index in [1.807, 2.05) is 28.7 Å². The molecular formula is C102H61N3O2S2. The summed E-state index contributed by atoms with van der Waals surface area (Å²) in [6.45, 7) is 0. The first kappa shape index (κ1) is 60.7. The molecule has 0 atom stereocenters. The van der Waals surface area contributed by atoms with Crippen LogP contribution < -0.4 is 0 Å².